The molecule has 1 aromatic rings. The van der Waals surface area contributed by atoms with Gasteiger partial charge in [0.2, 0.25) is 0 Å². The van der Waals surface area contributed by atoms with Crippen LogP contribution in [0.1, 0.15) is 48.0 Å². The molecule has 0 saturated heterocycles. The van der Waals surface area contributed by atoms with E-state index >= 15 is 0 Å². The normalized spacial score (nSPS) is 46.0. The summed E-state index contributed by atoms with van der Waals surface area (Å²) in [5.41, 5.74) is 2.41. The first-order valence-electron chi connectivity index (χ1n) is 7.90. The van der Waals surface area contributed by atoms with E-state index in [2.05, 4.69) is 18.2 Å². The SMILES string of the molecule is O=C1c2ccccc2CC12C1CC3CC(C1)CC2C3. The Kier molecular flexibility index (Phi) is 1.86. The number of benzene rings is 1. The Hall–Kier alpha value is -1.11. The average Bonchev–Trinajstić information content (AvgIpc) is 2.70. The minimum absolute atomic E-state index is 0.0249. The van der Waals surface area contributed by atoms with Gasteiger partial charge in [0.05, 0.1) is 0 Å². The highest BCUT2D eigenvalue weighted by atomic mass is 16.1. The van der Waals surface area contributed by atoms with Crippen molar-refractivity contribution in [3.63, 3.8) is 0 Å². The number of hydrogen-bond donors (Lipinski definition) is 0. The Balaban J connectivity index is 1.65. The first kappa shape index (κ1) is 10.7. The van der Waals surface area contributed by atoms with E-state index in [1.165, 1.54) is 37.7 Å². The van der Waals surface area contributed by atoms with Crippen LogP contribution in [0.4, 0.5) is 0 Å². The fourth-order valence-electron chi connectivity index (χ4n) is 6.23. The second-order valence-electron chi connectivity index (χ2n) is 7.51. The summed E-state index contributed by atoms with van der Waals surface area (Å²) in [6, 6.07) is 8.39. The monoisotopic (exact) mass is 252 g/mol. The molecule has 0 N–H and O–H groups in total. The van der Waals surface area contributed by atoms with Crippen molar-refractivity contribution < 1.29 is 4.79 Å². The number of rotatable bonds is 0. The van der Waals surface area contributed by atoms with E-state index in [4.69, 9.17) is 0 Å². The fraction of sp³-hybridized carbons (Fsp3) is 0.611. The molecule has 1 aromatic carbocycles. The van der Waals surface area contributed by atoms with Gasteiger partial charge >= 0.3 is 0 Å². The number of fused-ring (bicyclic) bond motifs is 1. The van der Waals surface area contributed by atoms with Crippen LogP contribution in [-0.2, 0) is 6.42 Å². The van der Waals surface area contributed by atoms with Gasteiger partial charge in [0.15, 0.2) is 5.78 Å². The van der Waals surface area contributed by atoms with E-state index in [1.807, 2.05) is 6.07 Å². The third-order valence-corrected chi connectivity index (χ3v) is 6.76. The minimum Gasteiger partial charge on any atom is -0.294 e. The molecule has 0 aromatic heterocycles. The number of ketones is 1. The summed E-state index contributed by atoms with van der Waals surface area (Å²) in [5, 5.41) is 0. The summed E-state index contributed by atoms with van der Waals surface area (Å²) < 4.78 is 0. The molecule has 0 heterocycles. The van der Waals surface area contributed by atoms with Crippen molar-refractivity contribution in [2.45, 2.75) is 38.5 Å². The highest BCUT2D eigenvalue weighted by Gasteiger charge is 2.62. The van der Waals surface area contributed by atoms with Crippen LogP contribution in [0, 0.1) is 29.1 Å². The Labute approximate surface area is 114 Å². The lowest BCUT2D eigenvalue weighted by Crippen LogP contribution is -2.55. The van der Waals surface area contributed by atoms with Crippen molar-refractivity contribution in [3.05, 3.63) is 35.4 Å². The molecule has 0 radical (unpaired) electrons. The smallest absolute Gasteiger partial charge is 0.170 e. The zero-order valence-electron chi connectivity index (χ0n) is 11.3. The van der Waals surface area contributed by atoms with Gasteiger partial charge in [-0.15, -0.1) is 0 Å². The van der Waals surface area contributed by atoms with E-state index in [1.54, 1.807) is 0 Å². The van der Waals surface area contributed by atoms with Crippen LogP contribution in [0.3, 0.4) is 0 Å². The summed E-state index contributed by atoms with van der Waals surface area (Å²) in [6.07, 6.45) is 7.87. The molecule has 6 rings (SSSR count). The summed E-state index contributed by atoms with van der Waals surface area (Å²) in [4.78, 5) is 13.1. The molecule has 0 amide bonds. The molecule has 0 atom stereocenters. The molecule has 5 aliphatic rings. The van der Waals surface area contributed by atoms with Gasteiger partial charge in [-0.3, -0.25) is 4.79 Å². The standard InChI is InChI=1S/C18H20O/c19-17-16-4-2-1-3-13(16)10-18(17)14-6-11-5-12(8-14)9-15(18)7-11/h1-4,11-12,14-15H,5-10H2. The summed E-state index contributed by atoms with van der Waals surface area (Å²) >= 11 is 0. The van der Waals surface area contributed by atoms with Crippen LogP contribution in [0.5, 0.6) is 0 Å². The van der Waals surface area contributed by atoms with Crippen LogP contribution in [-0.4, -0.2) is 5.78 Å². The molecule has 0 unspecified atom stereocenters. The Morgan fingerprint density at radius 3 is 2.16 bits per heavy atom. The molecule has 1 nitrogen and oxygen atoms in total. The van der Waals surface area contributed by atoms with Crippen molar-refractivity contribution in [2.24, 2.45) is 29.1 Å². The van der Waals surface area contributed by atoms with Gasteiger partial charge in [0.1, 0.15) is 0 Å². The van der Waals surface area contributed by atoms with E-state index in [9.17, 15) is 4.79 Å². The quantitative estimate of drug-likeness (QED) is 0.685. The van der Waals surface area contributed by atoms with Crippen molar-refractivity contribution in [2.75, 3.05) is 0 Å². The summed E-state index contributed by atoms with van der Waals surface area (Å²) in [6.45, 7) is 0. The van der Waals surface area contributed by atoms with E-state index < -0.39 is 0 Å². The molecule has 5 aliphatic carbocycles. The highest BCUT2D eigenvalue weighted by Crippen LogP contribution is 2.65. The molecular formula is C18H20O. The lowest BCUT2D eigenvalue weighted by molar-refractivity contribution is -0.0818. The number of carbonyl (C=O) groups is 1. The third kappa shape index (κ3) is 1.16. The van der Waals surface area contributed by atoms with Crippen LogP contribution in [0.25, 0.3) is 0 Å². The van der Waals surface area contributed by atoms with Crippen molar-refractivity contribution in [3.8, 4) is 0 Å². The lowest BCUT2D eigenvalue weighted by Gasteiger charge is -2.59. The largest absolute Gasteiger partial charge is 0.294 e. The Morgan fingerprint density at radius 2 is 1.53 bits per heavy atom. The maximum Gasteiger partial charge on any atom is 0.170 e. The van der Waals surface area contributed by atoms with Crippen molar-refractivity contribution in [1.82, 2.24) is 0 Å². The van der Waals surface area contributed by atoms with Gasteiger partial charge < -0.3 is 0 Å². The predicted molar refractivity (Wildman–Crippen MR) is 74.0 cm³/mol. The first-order valence-corrected chi connectivity index (χ1v) is 7.90. The molecular weight excluding hydrogens is 232 g/mol. The van der Waals surface area contributed by atoms with E-state index in [0.29, 0.717) is 17.6 Å². The van der Waals surface area contributed by atoms with Crippen LogP contribution in [0.2, 0.25) is 0 Å². The lowest BCUT2D eigenvalue weighted by atomic mass is 9.44. The molecule has 1 spiro atoms. The highest BCUT2D eigenvalue weighted by molar-refractivity contribution is 6.05. The molecule has 4 bridgehead atoms. The van der Waals surface area contributed by atoms with Crippen molar-refractivity contribution in [1.29, 1.82) is 0 Å². The third-order valence-electron chi connectivity index (χ3n) is 6.76. The summed E-state index contributed by atoms with van der Waals surface area (Å²) in [5.74, 6) is 3.80. The van der Waals surface area contributed by atoms with Gasteiger partial charge in [0.25, 0.3) is 0 Å². The Bertz CT molecular complexity index is 543. The number of carbonyl (C=O) groups excluding carboxylic acids is 1. The maximum atomic E-state index is 13.1. The van der Waals surface area contributed by atoms with Gasteiger partial charge in [-0.1, -0.05) is 24.3 Å². The molecule has 98 valence electrons. The molecule has 4 fully saturated rings. The van der Waals surface area contributed by atoms with Crippen LogP contribution < -0.4 is 0 Å². The average molecular weight is 252 g/mol. The fourth-order valence-corrected chi connectivity index (χ4v) is 6.23. The number of Topliss-reactive ketones (excluding diaryl/α,β-unsaturated/α-hetero) is 1. The molecule has 19 heavy (non-hydrogen) atoms. The van der Waals surface area contributed by atoms with E-state index in [-0.39, 0.29) is 5.41 Å². The molecule has 0 aliphatic heterocycles. The summed E-state index contributed by atoms with van der Waals surface area (Å²) in [7, 11) is 0. The van der Waals surface area contributed by atoms with E-state index in [0.717, 1.165) is 23.8 Å². The van der Waals surface area contributed by atoms with Crippen LogP contribution in [0.15, 0.2) is 24.3 Å². The first-order chi connectivity index (χ1) is 9.27. The zero-order valence-corrected chi connectivity index (χ0v) is 11.3. The molecule has 1 heteroatoms. The van der Waals surface area contributed by atoms with Gasteiger partial charge in [-0.25, -0.2) is 0 Å². The van der Waals surface area contributed by atoms with Gasteiger partial charge in [-0.2, -0.15) is 0 Å². The Morgan fingerprint density at radius 1 is 0.895 bits per heavy atom. The predicted octanol–water partition coefficient (Wildman–Crippen LogP) is 3.87. The van der Waals surface area contributed by atoms with Gasteiger partial charge in [0, 0.05) is 11.0 Å². The second kappa shape index (κ2) is 3.31. The van der Waals surface area contributed by atoms with Crippen LogP contribution >= 0.6 is 0 Å². The topological polar surface area (TPSA) is 17.1 Å². The van der Waals surface area contributed by atoms with Crippen molar-refractivity contribution >= 4 is 5.78 Å². The van der Waals surface area contributed by atoms with Gasteiger partial charge in [-0.05, 0) is 67.8 Å². The molecule has 4 saturated carbocycles. The maximum absolute atomic E-state index is 13.1. The number of hydrogen-bond acceptors (Lipinski definition) is 1. The second-order valence-corrected chi connectivity index (χ2v) is 7.51. The minimum atomic E-state index is 0.0249. The zero-order chi connectivity index (χ0) is 12.6.